The Balaban J connectivity index is 2.12. The van der Waals surface area contributed by atoms with Crippen molar-refractivity contribution < 1.29 is 14.4 Å². The molecule has 2 rings (SSSR count). The van der Waals surface area contributed by atoms with Crippen LogP contribution in [0.15, 0.2) is 60.7 Å². The molecule has 0 heterocycles. The molecule has 0 aliphatic heterocycles. The molecular formula is C24H32N4O3. The van der Waals surface area contributed by atoms with Crippen LogP contribution in [0.1, 0.15) is 31.4 Å². The largest absolute Gasteiger partial charge is 0.368 e. The van der Waals surface area contributed by atoms with Gasteiger partial charge >= 0.3 is 0 Å². The number of hydrogen-bond acceptors (Lipinski definition) is 4. The van der Waals surface area contributed by atoms with E-state index in [1.54, 1.807) is 0 Å². The van der Waals surface area contributed by atoms with Gasteiger partial charge in [-0.05, 0) is 29.9 Å². The SMILES string of the molecule is CC(C)C[C@@H](NC(=O)[C@@H](Cc1ccccc1)NC(=O)[C@H](N)Cc1ccccc1)C(N)=O. The van der Waals surface area contributed by atoms with Gasteiger partial charge in [0.25, 0.3) is 0 Å². The van der Waals surface area contributed by atoms with Gasteiger partial charge in [0.05, 0.1) is 6.04 Å². The van der Waals surface area contributed by atoms with Crippen molar-refractivity contribution in [3.05, 3.63) is 71.8 Å². The van der Waals surface area contributed by atoms with E-state index < -0.39 is 35.8 Å². The third-order valence-corrected chi connectivity index (χ3v) is 4.92. The van der Waals surface area contributed by atoms with Crippen molar-refractivity contribution in [2.75, 3.05) is 0 Å². The molecule has 0 spiro atoms. The predicted molar refractivity (Wildman–Crippen MR) is 121 cm³/mol. The highest BCUT2D eigenvalue weighted by Crippen LogP contribution is 2.08. The van der Waals surface area contributed by atoms with Gasteiger partial charge in [-0.25, -0.2) is 0 Å². The van der Waals surface area contributed by atoms with Crippen LogP contribution >= 0.6 is 0 Å². The first-order chi connectivity index (χ1) is 14.8. The zero-order chi connectivity index (χ0) is 22.8. The van der Waals surface area contributed by atoms with Crippen molar-refractivity contribution >= 4 is 17.7 Å². The van der Waals surface area contributed by atoms with E-state index in [0.29, 0.717) is 12.8 Å². The maximum absolute atomic E-state index is 13.0. The molecule has 3 atom stereocenters. The van der Waals surface area contributed by atoms with Crippen LogP contribution in [0, 0.1) is 5.92 Å². The van der Waals surface area contributed by atoms with Crippen LogP contribution in [0.3, 0.4) is 0 Å². The molecule has 2 aromatic carbocycles. The fourth-order valence-corrected chi connectivity index (χ4v) is 3.29. The molecule has 6 N–H and O–H groups in total. The van der Waals surface area contributed by atoms with E-state index in [2.05, 4.69) is 10.6 Å². The summed E-state index contributed by atoms with van der Waals surface area (Å²) >= 11 is 0. The second kappa shape index (κ2) is 11.9. The van der Waals surface area contributed by atoms with Gasteiger partial charge in [0.1, 0.15) is 12.1 Å². The minimum atomic E-state index is -0.884. The van der Waals surface area contributed by atoms with Gasteiger partial charge in [0.2, 0.25) is 17.7 Å². The lowest BCUT2D eigenvalue weighted by Crippen LogP contribution is -2.56. The molecule has 0 bridgehead atoms. The summed E-state index contributed by atoms with van der Waals surface area (Å²) in [4.78, 5) is 37.5. The lowest BCUT2D eigenvalue weighted by molar-refractivity contribution is -0.131. The fourth-order valence-electron chi connectivity index (χ4n) is 3.29. The van der Waals surface area contributed by atoms with E-state index in [1.165, 1.54) is 0 Å². The zero-order valence-corrected chi connectivity index (χ0v) is 18.1. The van der Waals surface area contributed by atoms with Gasteiger partial charge < -0.3 is 22.1 Å². The zero-order valence-electron chi connectivity index (χ0n) is 18.1. The Morgan fingerprint density at radius 1 is 0.774 bits per heavy atom. The molecule has 7 nitrogen and oxygen atoms in total. The molecule has 0 unspecified atom stereocenters. The average molecular weight is 425 g/mol. The molecule has 0 aliphatic carbocycles. The van der Waals surface area contributed by atoms with Crippen molar-refractivity contribution in [1.29, 1.82) is 0 Å². The Morgan fingerprint density at radius 3 is 1.74 bits per heavy atom. The summed E-state index contributed by atoms with van der Waals surface area (Å²) in [6.07, 6.45) is 1.04. The molecule has 31 heavy (non-hydrogen) atoms. The Morgan fingerprint density at radius 2 is 1.26 bits per heavy atom. The first kappa shape index (κ1) is 24.1. The Labute approximate surface area is 183 Å². The van der Waals surface area contributed by atoms with Crippen molar-refractivity contribution in [2.24, 2.45) is 17.4 Å². The number of benzene rings is 2. The Hall–Kier alpha value is -3.19. The smallest absolute Gasteiger partial charge is 0.243 e. The van der Waals surface area contributed by atoms with Crippen molar-refractivity contribution in [1.82, 2.24) is 10.6 Å². The summed E-state index contributed by atoms with van der Waals surface area (Å²) < 4.78 is 0. The van der Waals surface area contributed by atoms with Gasteiger partial charge in [-0.15, -0.1) is 0 Å². The van der Waals surface area contributed by atoms with Crippen molar-refractivity contribution in [3.8, 4) is 0 Å². The molecular weight excluding hydrogens is 392 g/mol. The molecule has 3 amide bonds. The number of amides is 3. The van der Waals surface area contributed by atoms with Crippen LogP contribution in [0.5, 0.6) is 0 Å². The number of primary amides is 1. The van der Waals surface area contributed by atoms with Crippen molar-refractivity contribution in [2.45, 2.75) is 51.2 Å². The van der Waals surface area contributed by atoms with Gasteiger partial charge in [-0.2, -0.15) is 0 Å². The molecule has 0 radical (unpaired) electrons. The second-order valence-corrected chi connectivity index (χ2v) is 8.14. The van der Waals surface area contributed by atoms with E-state index >= 15 is 0 Å². The molecule has 0 aromatic heterocycles. The number of nitrogens with one attached hydrogen (secondary N) is 2. The normalized spacial score (nSPS) is 13.8. The number of carbonyl (C=O) groups excluding carboxylic acids is 3. The highest BCUT2D eigenvalue weighted by atomic mass is 16.2. The van der Waals surface area contributed by atoms with Crippen LogP contribution in [-0.4, -0.2) is 35.8 Å². The van der Waals surface area contributed by atoms with Crippen LogP contribution < -0.4 is 22.1 Å². The molecule has 166 valence electrons. The minimum Gasteiger partial charge on any atom is -0.368 e. The van der Waals surface area contributed by atoms with E-state index in [1.807, 2.05) is 74.5 Å². The van der Waals surface area contributed by atoms with E-state index in [9.17, 15) is 14.4 Å². The van der Waals surface area contributed by atoms with Crippen LogP contribution in [0.2, 0.25) is 0 Å². The minimum absolute atomic E-state index is 0.166. The van der Waals surface area contributed by atoms with Gasteiger partial charge in [-0.3, -0.25) is 14.4 Å². The number of carbonyl (C=O) groups is 3. The van der Waals surface area contributed by atoms with Crippen LogP contribution in [-0.2, 0) is 27.2 Å². The highest BCUT2D eigenvalue weighted by molar-refractivity contribution is 5.92. The summed E-state index contributed by atoms with van der Waals surface area (Å²) in [6.45, 7) is 3.88. The lowest BCUT2D eigenvalue weighted by Gasteiger charge is -2.24. The maximum Gasteiger partial charge on any atom is 0.243 e. The summed E-state index contributed by atoms with van der Waals surface area (Å²) in [7, 11) is 0. The maximum atomic E-state index is 13.0. The van der Waals surface area contributed by atoms with Gasteiger partial charge in [0.15, 0.2) is 0 Å². The van der Waals surface area contributed by atoms with Gasteiger partial charge in [0, 0.05) is 6.42 Å². The van der Waals surface area contributed by atoms with E-state index in [0.717, 1.165) is 11.1 Å². The summed E-state index contributed by atoms with van der Waals surface area (Å²) in [6, 6.07) is 16.3. The average Bonchev–Trinajstić information content (AvgIpc) is 2.73. The van der Waals surface area contributed by atoms with Crippen LogP contribution in [0.4, 0.5) is 0 Å². The fraction of sp³-hybridized carbons (Fsp3) is 0.375. The number of hydrogen-bond donors (Lipinski definition) is 4. The lowest BCUT2D eigenvalue weighted by atomic mass is 10.0. The summed E-state index contributed by atoms with van der Waals surface area (Å²) in [5.41, 5.74) is 13.4. The first-order valence-electron chi connectivity index (χ1n) is 10.5. The molecule has 0 fully saturated rings. The predicted octanol–water partition coefficient (Wildman–Crippen LogP) is 1.30. The Kier molecular flexibility index (Phi) is 9.21. The molecule has 0 saturated carbocycles. The molecule has 2 aromatic rings. The monoisotopic (exact) mass is 424 g/mol. The molecule has 0 saturated heterocycles. The molecule has 0 aliphatic rings. The Bertz CT molecular complexity index is 856. The number of rotatable bonds is 11. The van der Waals surface area contributed by atoms with E-state index in [-0.39, 0.29) is 12.3 Å². The third kappa shape index (κ3) is 8.22. The summed E-state index contributed by atoms with van der Waals surface area (Å²) in [5, 5.41) is 5.45. The topological polar surface area (TPSA) is 127 Å². The second-order valence-electron chi connectivity index (χ2n) is 8.14. The first-order valence-corrected chi connectivity index (χ1v) is 10.5. The summed E-state index contributed by atoms with van der Waals surface area (Å²) in [5.74, 6) is -1.33. The van der Waals surface area contributed by atoms with Crippen molar-refractivity contribution in [3.63, 3.8) is 0 Å². The number of nitrogens with two attached hydrogens (primary N) is 2. The van der Waals surface area contributed by atoms with E-state index in [4.69, 9.17) is 11.5 Å². The molecule has 7 heteroatoms. The highest BCUT2D eigenvalue weighted by Gasteiger charge is 2.28. The third-order valence-electron chi connectivity index (χ3n) is 4.92. The van der Waals surface area contributed by atoms with Gasteiger partial charge in [-0.1, -0.05) is 74.5 Å². The quantitative estimate of drug-likeness (QED) is 0.433. The van der Waals surface area contributed by atoms with Crippen LogP contribution in [0.25, 0.3) is 0 Å². The standard InChI is InChI=1S/C24H32N4O3/c1-16(2)13-20(22(26)29)27-24(31)21(15-18-11-7-4-8-12-18)28-23(30)19(25)14-17-9-5-3-6-10-17/h3-12,16,19-21H,13-15,25H2,1-2H3,(H2,26,29)(H,27,31)(H,28,30)/t19-,20-,21-/m1/s1.